The highest BCUT2D eigenvalue weighted by Crippen LogP contribution is 2.28. The van der Waals surface area contributed by atoms with Crippen molar-refractivity contribution < 1.29 is 9.21 Å². The zero-order valence-corrected chi connectivity index (χ0v) is 12.8. The summed E-state index contributed by atoms with van der Waals surface area (Å²) in [6.45, 7) is 1.90. The normalized spacial score (nSPS) is 10.5. The Bertz CT molecular complexity index is 944. The van der Waals surface area contributed by atoms with E-state index in [1.165, 1.54) is 0 Å². The Kier molecular flexibility index (Phi) is 3.85. The molecule has 0 unspecified atom stereocenters. The summed E-state index contributed by atoms with van der Waals surface area (Å²) in [6, 6.07) is 14.3. The van der Waals surface area contributed by atoms with Gasteiger partial charge in [0.15, 0.2) is 5.69 Å². The van der Waals surface area contributed by atoms with Crippen molar-refractivity contribution in [3.8, 4) is 0 Å². The summed E-state index contributed by atoms with van der Waals surface area (Å²) in [6.07, 6.45) is 0. The maximum absolute atomic E-state index is 12.4. The minimum Gasteiger partial charge on any atom is -0.421 e. The van der Waals surface area contributed by atoms with Crippen LogP contribution in [-0.2, 0) is 0 Å². The van der Waals surface area contributed by atoms with Crippen LogP contribution in [0.4, 0.5) is 11.4 Å². The van der Waals surface area contributed by atoms with Gasteiger partial charge in [-0.2, -0.15) is 0 Å². The molecule has 0 aliphatic carbocycles. The predicted molar refractivity (Wildman–Crippen MR) is 91.2 cm³/mol. The smallest absolute Gasteiger partial charge is 0.362 e. The first-order chi connectivity index (χ1) is 11.1. The van der Waals surface area contributed by atoms with Gasteiger partial charge in [0.1, 0.15) is 5.58 Å². The molecule has 0 radical (unpaired) electrons. The van der Waals surface area contributed by atoms with Crippen LogP contribution < -0.4 is 16.3 Å². The van der Waals surface area contributed by atoms with Gasteiger partial charge >= 0.3 is 5.63 Å². The summed E-state index contributed by atoms with van der Waals surface area (Å²) < 4.78 is 5.29. The van der Waals surface area contributed by atoms with Crippen molar-refractivity contribution in [3.05, 3.63) is 70.1 Å². The molecule has 1 aromatic heterocycles. The second kappa shape index (κ2) is 5.96. The van der Waals surface area contributed by atoms with Gasteiger partial charge in [-0.05, 0) is 31.2 Å². The van der Waals surface area contributed by atoms with Gasteiger partial charge in [-0.25, -0.2) is 4.79 Å². The Morgan fingerprint density at radius 1 is 1.04 bits per heavy atom. The third-order valence-electron chi connectivity index (χ3n) is 3.58. The van der Waals surface area contributed by atoms with Crippen LogP contribution >= 0.6 is 0 Å². The highest BCUT2D eigenvalue weighted by Gasteiger charge is 2.16. The van der Waals surface area contributed by atoms with Gasteiger partial charge in [-0.3, -0.25) is 4.79 Å². The summed E-state index contributed by atoms with van der Waals surface area (Å²) in [4.78, 5) is 24.6. The van der Waals surface area contributed by atoms with Crippen LogP contribution in [-0.4, -0.2) is 13.0 Å². The first-order valence-electron chi connectivity index (χ1n) is 7.22. The van der Waals surface area contributed by atoms with Gasteiger partial charge < -0.3 is 15.1 Å². The number of aryl methyl sites for hydroxylation is 1. The quantitative estimate of drug-likeness (QED) is 0.728. The van der Waals surface area contributed by atoms with E-state index in [0.29, 0.717) is 16.8 Å². The van der Waals surface area contributed by atoms with Crippen molar-refractivity contribution in [2.24, 2.45) is 0 Å². The summed E-state index contributed by atoms with van der Waals surface area (Å²) in [5.74, 6) is -0.354. The second-order valence-electron chi connectivity index (χ2n) is 5.21. The molecule has 0 atom stereocenters. The van der Waals surface area contributed by atoms with E-state index in [0.717, 1.165) is 10.9 Å². The molecule has 2 aromatic carbocycles. The summed E-state index contributed by atoms with van der Waals surface area (Å²) in [5, 5.41) is 6.36. The van der Waals surface area contributed by atoms with Crippen LogP contribution in [0.5, 0.6) is 0 Å². The molecule has 0 fully saturated rings. The highest BCUT2D eigenvalue weighted by atomic mass is 16.4. The van der Waals surface area contributed by atoms with E-state index in [9.17, 15) is 9.59 Å². The number of carbonyl (C=O) groups excluding carboxylic acids is 1. The number of carbonyl (C=O) groups is 1. The maximum atomic E-state index is 12.4. The summed E-state index contributed by atoms with van der Waals surface area (Å²) in [5.41, 5.74) is 1.98. The first kappa shape index (κ1) is 14.8. The zero-order valence-electron chi connectivity index (χ0n) is 12.8. The highest BCUT2D eigenvalue weighted by molar-refractivity contribution is 6.08. The molecule has 1 amide bonds. The number of fused-ring (bicyclic) bond motifs is 1. The van der Waals surface area contributed by atoms with E-state index >= 15 is 0 Å². The lowest BCUT2D eigenvalue weighted by atomic mass is 10.1. The van der Waals surface area contributed by atoms with E-state index in [1.807, 2.05) is 25.1 Å². The first-order valence-corrected chi connectivity index (χ1v) is 7.22. The molecule has 1 heterocycles. The molecule has 0 spiro atoms. The van der Waals surface area contributed by atoms with E-state index in [-0.39, 0.29) is 11.6 Å². The molecule has 5 heteroatoms. The van der Waals surface area contributed by atoms with Crippen LogP contribution in [0.1, 0.15) is 15.9 Å². The van der Waals surface area contributed by atoms with Gasteiger partial charge in [0.2, 0.25) is 0 Å². The summed E-state index contributed by atoms with van der Waals surface area (Å²) in [7, 11) is 1.70. The number of amides is 1. The molecule has 0 saturated carbocycles. The number of para-hydroxylation sites is 1. The molecule has 0 saturated heterocycles. The average Bonchev–Trinajstić information content (AvgIpc) is 2.55. The van der Waals surface area contributed by atoms with Crippen LogP contribution in [0.15, 0.2) is 57.7 Å². The van der Waals surface area contributed by atoms with Crippen molar-refractivity contribution in [2.45, 2.75) is 6.92 Å². The monoisotopic (exact) mass is 308 g/mol. The molecule has 5 nitrogen and oxygen atoms in total. The van der Waals surface area contributed by atoms with E-state index < -0.39 is 5.63 Å². The van der Waals surface area contributed by atoms with Gasteiger partial charge in [0.05, 0.1) is 5.69 Å². The third kappa shape index (κ3) is 2.81. The lowest BCUT2D eigenvalue weighted by Crippen LogP contribution is -2.19. The molecule has 3 rings (SSSR count). The minimum absolute atomic E-state index is 0.109. The molecule has 23 heavy (non-hydrogen) atoms. The third-order valence-corrected chi connectivity index (χ3v) is 3.58. The fourth-order valence-electron chi connectivity index (χ4n) is 2.50. The standard InChI is InChI=1S/C18H16N2O3/c1-11-6-5-7-12(10-11)17(21)20-16-15(19-2)13-8-3-4-9-14(13)23-18(16)22/h3-10,19H,1-2H3,(H,20,21). The topological polar surface area (TPSA) is 71.3 Å². The Labute approximate surface area is 132 Å². The van der Waals surface area contributed by atoms with Crippen molar-refractivity contribution in [2.75, 3.05) is 17.7 Å². The fourth-order valence-corrected chi connectivity index (χ4v) is 2.50. The lowest BCUT2D eigenvalue weighted by molar-refractivity contribution is 0.102. The number of anilines is 2. The SMILES string of the molecule is CNc1c(NC(=O)c2cccc(C)c2)c(=O)oc2ccccc12. The molecule has 2 N–H and O–H groups in total. The lowest BCUT2D eigenvalue weighted by Gasteiger charge is -2.12. The van der Waals surface area contributed by atoms with Crippen LogP contribution in [0, 0.1) is 6.92 Å². The molecule has 3 aromatic rings. The number of hydrogen-bond donors (Lipinski definition) is 2. The largest absolute Gasteiger partial charge is 0.421 e. The molecular formula is C18H16N2O3. The summed E-state index contributed by atoms with van der Waals surface area (Å²) >= 11 is 0. The van der Waals surface area contributed by atoms with Gasteiger partial charge in [-0.1, -0.05) is 29.8 Å². The predicted octanol–water partition coefficient (Wildman–Crippen LogP) is 3.40. The minimum atomic E-state index is -0.589. The van der Waals surface area contributed by atoms with Crippen molar-refractivity contribution >= 4 is 28.3 Å². The molecule has 0 bridgehead atoms. The van der Waals surface area contributed by atoms with E-state index in [2.05, 4.69) is 10.6 Å². The van der Waals surface area contributed by atoms with Crippen molar-refractivity contribution in [3.63, 3.8) is 0 Å². The molecule has 0 aliphatic rings. The maximum Gasteiger partial charge on any atom is 0.362 e. The Morgan fingerprint density at radius 3 is 2.57 bits per heavy atom. The molecule has 116 valence electrons. The number of nitrogens with one attached hydrogen (secondary N) is 2. The van der Waals surface area contributed by atoms with Crippen LogP contribution in [0.3, 0.4) is 0 Å². The molecular weight excluding hydrogens is 292 g/mol. The van der Waals surface area contributed by atoms with Crippen molar-refractivity contribution in [1.82, 2.24) is 0 Å². The Hall–Kier alpha value is -3.08. The zero-order chi connectivity index (χ0) is 16.4. The van der Waals surface area contributed by atoms with E-state index in [1.54, 1.807) is 37.4 Å². The Morgan fingerprint density at radius 2 is 1.83 bits per heavy atom. The fraction of sp³-hybridized carbons (Fsp3) is 0.111. The Balaban J connectivity index is 2.08. The average molecular weight is 308 g/mol. The van der Waals surface area contributed by atoms with Crippen LogP contribution in [0.2, 0.25) is 0 Å². The number of benzene rings is 2. The van der Waals surface area contributed by atoms with Crippen LogP contribution in [0.25, 0.3) is 11.0 Å². The van der Waals surface area contributed by atoms with Crippen molar-refractivity contribution in [1.29, 1.82) is 0 Å². The number of hydrogen-bond acceptors (Lipinski definition) is 4. The number of rotatable bonds is 3. The van der Waals surface area contributed by atoms with Gasteiger partial charge in [0, 0.05) is 18.0 Å². The van der Waals surface area contributed by atoms with E-state index in [4.69, 9.17) is 4.42 Å². The van der Waals surface area contributed by atoms with Gasteiger partial charge in [0.25, 0.3) is 5.91 Å². The van der Waals surface area contributed by atoms with Gasteiger partial charge in [-0.15, -0.1) is 0 Å². The molecule has 0 aliphatic heterocycles. The second-order valence-corrected chi connectivity index (χ2v) is 5.21.